The van der Waals surface area contributed by atoms with Crippen molar-refractivity contribution in [1.29, 1.82) is 0 Å². The zero-order valence-electron chi connectivity index (χ0n) is 18.5. The molecule has 3 heterocycles. The van der Waals surface area contributed by atoms with Crippen molar-refractivity contribution in [2.24, 2.45) is 0 Å². The predicted octanol–water partition coefficient (Wildman–Crippen LogP) is 3.96. The third-order valence-electron chi connectivity index (χ3n) is 5.82. The van der Waals surface area contributed by atoms with Gasteiger partial charge in [-0.15, -0.1) is 11.3 Å². The molecular weight excluding hydrogens is 436 g/mol. The van der Waals surface area contributed by atoms with Gasteiger partial charge >= 0.3 is 0 Å². The number of methoxy groups -OCH3 is 1. The molecule has 8 heteroatoms. The normalized spacial score (nSPS) is 14.8. The van der Waals surface area contributed by atoms with Crippen LogP contribution in [0.3, 0.4) is 0 Å². The van der Waals surface area contributed by atoms with Crippen molar-refractivity contribution in [2.45, 2.75) is 25.3 Å². The Morgan fingerprint density at radius 3 is 2.85 bits per heavy atom. The van der Waals surface area contributed by atoms with Crippen LogP contribution < -0.4 is 15.5 Å². The van der Waals surface area contributed by atoms with Gasteiger partial charge in [-0.3, -0.25) is 9.59 Å². The maximum absolute atomic E-state index is 13.5. The summed E-state index contributed by atoms with van der Waals surface area (Å²) in [7, 11) is 1.65. The number of amides is 2. The van der Waals surface area contributed by atoms with Crippen LogP contribution in [0.4, 0.5) is 11.5 Å². The fourth-order valence-corrected chi connectivity index (χ4v) is 5.12. The van der Waals surface area contributed by atoms with E-state index in [1.54, 1.807) is 18.1 Å². The smallest absolute Gasteiger partial charge is 0.276 e. The fraction of sp³-hybridized carbons (Fsp3) is 0.320. The number of anilines is 2. The van der Waals surface area contributed by atoms with Crippen LogP contribution >= 0.6 is 11.3 Å². The average Bonchev–Trinajstić information content (AvgIpc) is 3.58. The molecule has 3 aromatic rings. The van der Waals surface area contributed by atoms with Crippen molar-refractivity contribution >= 4 is 34.7 Å². The molecule has 170 valence electrons. The van der Waals surface area contributed by atoms with Crippen LogP contribution in [0.25, 0.3) is 10.4 Å². The zero-order chi connectivity index (χ0) is 22.8. The lowest BCUT2D eigenvalue weighted by Gasteiger charge is -2.23. The molecule has 0 atom stereocenters. The second-order valence-electron chi connectivity index (χ2n) is 8.26. The minimum Gasteiger partial charge on any atom is -0.383 e. The largest absolute Gasteiger partial charge is 0.383 e. The van der Waals surface area contributed by atoms with Gasteiger partial charge in [-0.05, 0) is 49.1 Å². The summed E-state index contributed by atoms with van der Waals surface area (Å²) < 4.78 is 5.07. The van der Waals surface area contributed by atoms with Crippen molar-refractivity contribution in [3.8, 4) is 10.4 Å². The molecule has 2 aromatic heterocycles. The van der Waals surface area contributed by atoms with Crippen LogP contribution in [0.5, 0.6) is 0 Å². The number of fused-ring (bicyclic) bond motifs is 3. The first-order valence-corrected chi connectivity index (χ1v) is 12.0. The topological polar surface area (TPSA) is 83.6 Å². The number of para-hydroxylation sites is 1. The molecule has 0 saturated heterocycles. The Morgan fingerprint density at radius 2 is 2.03 bits per heavy atom. The lowest BCUT2D eigenvalue weighted by atomic mass is 10.1. The number of nitrogens with zero attached hydrogens (tertiary/aromatic N) is 2. The Hall–Kier alpha value is -3.23. The number of pyridine rings is 1. The molecule has 1 fully saturated rings. The number of hydrogen-bond donors (Lipinski definition) is 2. The lowest BCUT2D eigenvalue weighted by Crippen LogP contribution is -2.33. The SMILES string of the molecule is COCCNc1cccc(C(=O)N2CCc3cc(C(=O)NC4CC4)sc3-c3ccccc32)n1. The van der Waals surface area contributed by atoms with Crippen LogP contribution in [-0.2, 0) is 11.2 Å². The van der Waals surface area contributed by atoms with Gasteiger partial charge in [-0.1, -0.05) is 24.3 Å². The summed E-state index contributed by atoms with van der Waals surface area (Å²) in [5.74, 6) is 0.508. The maximum Gasteiger partial charge on any atom is 0.276 e. The van der Waals surface area contributed by atoms with E-state index in [4.69, 9.17) is 4.74 Å². The molecule has 0 spiro atoms. The van der Waals surface area contributed by atoms with E-state index in [1.807, 2.05) is 42.5 Å². The van der Waals surface area contributed by atoms with Crippen LogP contribution in [0.2, 0.25) is 0 Å². The van der Waals surface area contributed by atoms with E-state index >= 15 is 0 Å². The first kappa shape index (κ1) is 21.6. The van der Waals surface area contributed by atoms with Crippen molar-refractivity contribution in [3.63, 3.8) is 0 Å². The number of carbonyl (C=O) groups excluding carboxylic acids is 2. The van der Waals surface area contributed by atoms with Crippen LogP contribution in [0.1, 0.15) is 38.6 Å². The first-order chi connectivity index (χ1) is 16.1. The zero-order valence-corrected chi connectivity index (χ0v) is 19.3. The molecule has 1 saturated carbocycles. The molecule has 0 radical (unpaired) electrons. The van der Waals surface area contributed by atoms with Crippen LogP contribution in [0.15, 0.2) is 48.5 Å². The Balaban J connectivity index is 1.43. The van der Waals surface area contributed by atoms with Gasteiger partial charge in [0.25, 0.3) is 11.8 Å². The van der Waals surface area contributed by atoms with Gasteiger partial charge in [-0.25, -0.2) is 4.98 Å². The summed E-state index contributed by atoms with van der Waals surface area (Å²) >= 11 is 1.50. The number of thiophene rings is 1. The Morgan fingerprint density at radius 1 is 1.18 bits per heavy atom. The molecule has 1 aliphatic carbocycles. The molecule has 2 N–H and O–H groups in total. The number of nitrogens with one attached hydrogen (secondary N) is 2. The van der Waals surface area contributed by atoms with Gasteiger partial charge in [0.2, 0.25) is 0 Å². The van der Waals surface area contributed by atoms with Gasteiger partial charge in [0.1, 0.15) is 11.5 Å². The summed E-state index contributed by atoms with van der Waals surface area (Å²) in [5.41, 5.74) is 3.31. The number of ether oxygens (including phenoxy) is 1. The van der Waals surface area contributed by atoms with Crippen LogP contribution in [0, 0.1) is 0 Å². The molecule has 0 unspecified atom stereocenters. The van der Waals surface area contributed by atoms with E-state index in [0.717, 1.165) is 39.4 Å². The van der Waals surface area contributed by atoms with Gasteiger partial charge in [0, 0.05) is 36.7 Å². The number of benzene rings is 1. The van der Waals surface area contributed by atoms with E-state index in [1.165, 1.54) is 11.3 Å². The lowest BCUT2D eigenvalue weighted by molar-refractivity contribution is 0.0952. The van der Waals surface area contributed by atoms with E-state index < -0.39 is 0 Å². The summed E-state index contributed by atoms with van der Waals surface area (Å²) in [4.78, 5) is 34.2. The summed E-state index contributed by atoms with van der Waals surface area (Å²) in [6, 6.07) is 15.6. The van der Waals surface area contributed by atoms with Crippen LogP contribution in [-0.4, -0.2) is 49.6 Å². The highest BCUT2D eigenvalue weighted by atomic mass is 32.1. The Kier molecular flexibility index (Phi) is 6.11. The second-order valence-corrected chi connectivity index (χ2v) is 9.32. The maximum atomic E-state index is 13.5. The summed E-state index contributed by atoms with van der Waals surface area (Å²) in [6.45, 7) is 1.69. The quantitative estimate of drug-likeness (QED) is 0.519. The number of hydrogen-bond acceptors (Lipinski definition) is 6. The molecule has 2 amide bonds. The standard InChI is InChI=1S/C25H26N4O3S/c1-32-14-12-26-22-8-4-6-19(28-22)25(31)29-13-11-16-15-21(24(30)27-17-9-10-17)33-23(16)18-5-2-3-7-20(18)29/h2-8,15,17H,9-14H2,1H3,(H,26,28)(H,27,30). The Labute approximate surface area is 196 Å². The van der Waals surface area contributed by atoms with Gasteiger partial charge in [0.05, 0.1) is 17.2 Å². The van der Waals surface area contributed by atoms with Gasteiger partial charge in [-0.2, -0.15) is 0 Å². The van der Waals surface area contributed by atoms with E-state index in [-0.39, 0.29) is 11.8 Å². The van der Waals surface area contributed by atoms with E-state index in [9.17, 15) is 9.59 Å². The third kappa shape index (κ3) is 4.62. The molecule has 33 heavy (non-hydrogen) atoms. The van der Waals surface area contributed by atoms with Crippen molar-refractivity contribution in [1.82, 2.24) is 10.3 Å². The molecule has 1 aromatic carbocycles. The fourth-order valence-electron chi connectivity index (χ4n) is 3.97. The molecular formula is C25H26N4O3S. The number of carbonyl (C=O) groups is 2. The minimum atomic E-state index is -0.139. The summed E-state index contributed by atoms with van der Waals surface area (Å²) in [5, 5.41) is 6.25. The first-order valence-electron chi connectivity index (χ1n) is 11.2. The highest BCUT2D eigenvalue weighted by Crippen LogP contribution is 2.41. The van der Waals surface area contributed by atoms with Crippen molar-refractivity contribution < 1.29 is 14.3 Å². The summed E-state index contributed by atoms with van der Waals surface area (Å²) in [6.07, 6.45) is 2.80. The van der Waals surface area contributed by atoms with Crippen molar-refractivity contribution in [2.75, 3.05) is 37.0 Å². The molecule has 5 rings (SSSR count). The highest BCUT2D eigenvalue weighted by Gasteiger charge is 2.29. The van der Waals surface area contributed by atoms with Gasteiger partial charge in [0.15, 0.2) is 0 Å². The monoisotopic (exact) mass is 462 g/mol. The third-order valence-corrected chi connectivity index (χ3v) is 7.02. The Bertz CT molecular complexity index is 1190. The number of aromatic nitrogens is 1. The highest BCUT2D eigenvalue weighted by molar-refractivity contribution is 7.17. The molecule has 2 aliphatic rings. The van der Waals surface area contributed by atoms with Crippen molar-refractivity contribution in [3.05, 3.63) is 64.7 Å². The molecule has 7 nitrogen and oxygen atoms in total. The molecule has 0 bridgehead atoms. The number of rotatable bonds is 7. The van der Waals surface area contributed by atoms with Gasteiger partial charge < -0.3 is 20.3 Å². The van der Waals surface area contributed by atoms with E-state index in [2.05, 4.69) is 15.6 Å². The minimum absolute atomic E-state index is 0.00275. The molecule has 1 aliphatic heterocycles. The average molecular weight is 463 g/mol. The van der Waals surface area contributed by atoms with E-state index in [0.29, 0.717) is 43.7 Å². The predicted molar refractivity (Wildman–Crippen MR) is 130 cm³/mol. The second kappa shape index (κ2) is 9.33.